The molecular formula is C16H14BrN3O3S2. The van der Waals surface area contributed by atoms with Gasteiger partial charge in [0.15, 0.2) is 0 Å². The second kappa shape index (κ2) is 6.73. The molecule has 6 nitrogen and oxygen atoms in total. The summed E-state index contributed by atoms with van der Waals surface area (Å²) in [6, 6.07) is 12.7. The Bertz CT molecular complexity index is 1000. The van der Waals surface area contributed by atoms with E-state index in [-0.39, 0.29) is 17.5 Å². The maximum atomic E-state index is 13.2. The Labute approximate surface area is 157 Å². The van der Waals surface area contributed by atoms with E-state index in [1.807, 2.05) is 24.3 Å². The molecule has 0 aromatic heterocycles. The SMILES string of the molecule is O=S(=O)(c1cccc2c1N=S=N2)N1CCOC(c2ccccc2Br)C1. The van der Waals surface area contributed by atoms with Gasteiger partial charge in [-0.15, -0.1) is 0 Å². The van der Waals surface area contributed by atoms with Gasteiger partial charge in [0.1, 0.15) is 16.3 Å². The summed E-state index contributed by atoms with van der Waals surface area (Å²) < 4.78 is 42.8. The summed E-state index contributed by atoms with van der Waals surface area (Å²) in [4.78, 5) is 0.200. The van der Waals surface area contributed by atoms with Gasteiger partial charge in [0.25, 0.3) is 0 Å². The van der Waals surface area contributed by atoms with Crippen molar-refractivity contribution < 1.29 is 13.2 Å². The van der Waals surface area contributed by atoms with E-state index in [1.54, 1.807) is 18.2 Å². The van der Waals surface area contributed by atoms with Crippen LogP contribution in [0.15, 0.2) is 60.6 Å². The number of morpholine rings is 1. The van der Waals surface area contributed by atoms with Crippen LogP contribution in [0.2, 0.25) is 0 Å². The minimum atomic E-state index is -3.67. The van der Waals surface area contributed by atoms with Crippen molar-refractivity contribution in [2.24, 2.45) is 8.73 Å². The zero-order valence-electron chi connectivity index (χ0n) is 13.0. The molecule has 25 heavy (non-hydrogen) atoms. The number of sulfonamides is 1. The first kappa shape index (κ1) is 17.0. The second-order valence-corrected chi connectivity index (χ2v) is 8.92. The predicted octanol–water partition coefficient (Wildman–Crippen LogP) is 3.94. The van der Waals surface area contributed by atoms with Gasteiger partial charge >= 0.3 is 0 Å². The third kappa shape index (κ3) is 3.11. The summed E-state index contributed by atoms with van der Waals surface area (Å²) in [5, 5.41) is 0. The van der Waals surface area contributed by atoms with Gasteiger partial charge < -0.3 is 4.74 Å². The Balaban J connectivity index is 1.67. The fraction of sp³-hybridized carbons (Fsp3) is 0.250. The van der Waals surface area contributed by atoms with Gasteiger partial charge in [-0.25, -0.2) is 8.42 Å². The molecule has 0 spiro atoms. The first-order valence-electron chi connectivity index (χ1n) is 7.65. The van der Waals surface area contributed by atoms with E-state index in [4.69, 9.17) is 4.74 Å². The summed E-state index contributed by atoms with van der Waals surface area (Å²) in [7, 11) is -3.67. The first-order valence-corrected chi connectivity index (χ1v) is 10.6. The number of fused-ring (bicyclic) bond motifs is 1. The monoisotopic (exact) mass is 439 g/mol. The Morgan fingerprint density at radius 3 is 2.84 bits per heavy atom. The van der Waals surface area contributed by atoms with Gasteiger partial charge in [-0.2, -0.15) is 13.0 Å². The van der Waals surface area contributed by atoms with Crippen molar-refractivity contribution in [3.8, 4) is 0 Å². The molecule has 0 saturated carbocycles. The summed E-state index contributed by atoms with van der Waals surface area (Å²) >= 11 is 4.52. The van der Waals surface area contributed by atoms with Crippen molar-refractivity contribution in [2.75, 3.05) is 19.7 Å². The van der Waals surface area contributed by atoms with Crippen molar-refractivity contribution >= 4 is 48.7 Å². The average molecular weight is 440 g/mol. The number of ether oxygens (including phenoxy) is 1. The normalized spacial score (nSPS) is 20.3. The second-order valence-electron chi connectivity index (χ2n) is 5.63. The molecule has 4 rings (SSSR count). The van der Waals surface area contributed by atoms with Crippen LogP contribution in [-0.4, -0.2) is 32.4 Å². The smallest absolute Gasteiger partial charge is 0.245 e. The third-order valence-electron chi connectivity index (χ3n) is 4.15. The number of hydrogen-bond donors (Lipinski definition) is 0. The molecular weight excluding hydrogens is 426 g/mol. The molecule has 2 heterocycles. The summed E-state index contributed by atoms with van der Waals surface area (Å²) in [5.74, 6) is 0. The van der Waals surface area contributed by atoms with Crippen molar-refractivity contribution in [1.29, 1.82) is 0 Å². The largest absolute Gasteiger partial charge is 0.371 e. The molecule has 0 amide bonds. The van der Waals surface area contributed by atoms with Crippen LogP contribution in [0.5, 0.6) is 0 Å². The highest BCUT2D eigenvalue weighted by Crippen LogP contribution is 2.39. The summed E-state index contributed by atoms with van der Waals surface area (Å²) in [6.45, 7) is 0.923. The molecule has 1 unspecified atom stereocenters. The van der Waals surface area contributed by atoms with Crippen LogP contribution in [0.3, 0.4) is 0 Å². The average Bonchev–Trinajstić information content (AvgIpc) is 3.11. The van der Waals surface area contributed by atoms with E-state index in [0.717, 1.165) is 21.4 Å². The van der Waals surface area contributed by atoms with Crippen LogP contribution in [0.25, 0.3) is 0 Å². The minimum absolute atomic E-state index is 0.200. The summed E-state index contributed by atoms with van der Waals surface area (Å²) in [6.07, 6.45) is -0.313. The minimum Gasteiger partial charge on any atom is -0.371 e. The fourth-order valence-corrected chi connectivity index (χ4v) is 5.61. The lowest BCUT2D eigenvalue weighted by molar-refractivity contribution is -0.00293. The molecule has 2 aromatic rings. The molecule has 0 aliphatic carbocycles. The van der Waals surface area contributed by atoms with Crippen molar-refractivity contribution in [1.82, 2.24) is 4.31 Å². The zero-order valence-corrected chi connectivity index (χ0v) is 16.2. The van der Waals surface area contributed by atoms with Crippen LogP contribution < -0.4 is 0 Å². The number of nitrogens with zero attached hydrogens (tertiary/aromatic N) is 3. The highest BCUT2D eigenvalue weighted by molar-refractivity contribution is 9.10. The van der Waals surface area contributed by atoms with Crippen LogP contribution in [0, 0.1) is 0 Å². The number of rotatable bonds is 3. The first-order chi connectivity index (χ1) is 12.1. The molecule has 2 aliphatic rings. The van der Waals surface area contributed by atoms with Crippen molar-refractivity contribution in [3.05, 3.63) is 52.5 Å². The van der Waals surface area contributed by atoms with Crippen LogP contribution in [0.4, 0.5) is 11.4 Å². The van der Waals surface area contributed by atoms with Gasteiger partial charge in [0.05, 0.1) is 24.1 Å². The Morgan fingerprint density at radius 1 is 1.16 bits per heavy atom. The van der Waals surface area contributed by atoms with Crippen LogP contribution in [-0.2, 0) is 26.1 Å². The fourth-order valence-electron chi connectivity index (χ4n) is 2.90. The number of hydrogen-bond acceptors (Lipinski definition) is 5. The van der Waals surface area contributed by atoms with E-state index < -0.39 is 10.0 Å². The molecule has 130 valence electrons. The maximum Gasteiger partial charge on any atom is 0.245 e. The molecule has 9 heteroatoms. The molecule has 1 saturated heterocycles. The molecule has 1 atom stereocenters. The van der Waals surface area contributed by atoms with Crippen LogP contribution in [0.1, 0.15) is 11.7 Å². The molecule has 0 radical (unpaired) electrons. The van der Waals surface area contributed by atoms with E-state index in [0.29, 0.717) is 24.5 Å². The molecule has 2 aromatic carbocycles. The quantitative estimate of drug-likeness (QED) is 0.620. The van der Waals surface area contributed by atoms with Crippen molar-refractivity contribution in [3.63, 3.8) is 0 Å². The van der Waals surface area contributed by atoms with E-state index >= 15 is 0 Å². The highest BCUT2D eigenvalue weighted by Gasteiger charge is 2.34. The lowest BCUT2D eigenvalue weighted by atomic mass is 10.1. The lowest BCUT2D eigenvalue weighted by Gasteiger charge is -2.33. The van der Waals surface area contributed by atoms with Crippen LogP contribution >= 0.6 is 15.9 Å². The predicted molar refractivity (Wildman–Crippen MR) is 99.6 cm³/mol. The maximum absolute atomic E-state index is 13.2. The van der Waals surface area contributed by atoms with Gasteiger partial charge in [-0.1, -0.05) is 40.2 Å². The third-order valence-corrected chi connectivity index (χ3v) is 7.31. The Kier molecular flexibility index (Phi) is 4.59. The number of benzene rings is 2. The van der Waals surface area contributed by atoms with Gasteiger partial charge in [-0.3, -0.25) is 0 Å². The zero-order chi connectivity index (χ0) is 17.4. The Morgan fingerprint density at radius 2 is 2.00 bits per heavy atom. The number of halogens is 1. The molecule has 0 N–H and O–H groups in total. The Hall–Kier alpha value is -1.39. The molecule has 1 fully saturated rings. The van der Waals surface area contributed by atoms with Crippen molar-refractivity contribution in [2.45, 2.75) is 11.0 Å². The van der Waals surface area contributed by atoms with Gasteiger partial charge in [0.2, 0.25) is 10.0 Å². The summed E-state index contributed by atoms with van der Waals surface area (Å²) in [5.41, 5.74) is 1.97. The molecule has 0 bridgehead atoms. The molecule has 2 aliphatic heterocycles. The van der Waals surface area contributed by atoms with Gasteiger partial charge in [0, 0.05) is 17.6 Å². The van der Waals surface area contributed by atoms with E-state index in [9.17, 15) is 8.42 Å². The topological polar surface area (TPSA) is 71.3 Å². The highest BCUT2D eigenvalue weighted by atomic mass is 79.9. The van der Waals surface area contributed by atoms with E-state index in [2.05, 4.69) is 24.7 Å². The van der Waals surface area contributed by atoms with E-state index in [1.165, 1.54) is 4.31 Å². The standard InChI is InChI=1S/C16H14BrN3O3S2/c17-12-5-2-1-4-11(12)14-10-20(8-9-23-14)25(21,22)15-7-3-6-13-16(15)19-24-18-13/h1-7,14H,8-10H2. The lowest BCUT2D eigenvalue weighted by Crippen LogP contribution is -2.42. The van der Waals surface area contributed by atoms with Gasteiger partial charge in [-0.05, 0) is 23.8 Å².